The second-order valence-electron chi connectivity index (χ2n) is 25.9. The van der Waals surface area contributed by atoms with Crippen LogP contribution in [0.1, 0.15) is 150 Å². The molecule has 0 atom stereocenters. The molecule has 0 N–H and O–H groups in total. The average Bonchev–Trinajstić information content (AvgIpc) is 3.07. The number of hydrogen-bond donors (Lipinski definition) is 0. The Kier molecular flexibility index (Phi) is 9.28. The molecule has 3 heteroatoms. The van der Waals surface area contributed by atoms with E-state index in [2.05, 4.69) is 255 Å². The van der Waals surface area contributed by atoms with Crippen molar-refractivity contribution >= 4 is 77.5 Å². The number of benzene rings is 10. The molecule has 3 aliphatic heterocycles. The summed E-state index contributed by atoms with van der Waals surface area (Å²) in [5.74, 6) is 1.41. The largest absolute Gasteiger partial charge is 0.310 e. The molecule has 0 unspecified atom stereocenters. The van der Waals surface area contributed by atoms with Gasteiger partial charge in [0.25, 0.3) is 6.71 Å². The Bertz CT molecular complexity index is 4610. The summed E-state index contributed by atoms with van der Waals surface area (Å²) in [5.41, 5.74) is 32.0. The van der Waals surface area contributed by atoms with Gasteiger partial charge in [0.15, 0.2) is 0 Å². The summed E-state index contributed by atoms with van der Waals surface area (Å²) in [6, 6.07) is 68.2. The number of hydrogen-bond acceptors (Lipinski definition) is 0. The maximum Gasteiger partial charge on any atom is 0.252 e. The van der Waals surface area contributed by atoms with Gasteiger partial charge in [0.2, 0.25) is 0 Å². The van der Waals surface area contributed by atoms with Crippen LogP contribution >= 0.6 is 0 Å². The van der Waals surface area contributed by atoms with Crippen molar-refractivity contribution in [3.8, 4) is 44.8 Å². The van der Waals surface area contributed by atoms with Crippen molar-refractivity contribution in [1.29, 1.82) is 0 Å². The zero-order valence-corrected chi connectivity index (χ0v) is 46.9. The third-order valence-corrected chi connectivity index (χ3v) is 19.3. The minimum absolute atomic E-state index is 0.0313. The van der Waals surface area contributed by atoms with Crippen LogP contribution in [0.2, 0.25) is 0 Å². The van der Waals surface area contributed by atoms with Crippen LogP contribution in [-0.4, -0.2) is 15.8 Å². The van der Waals surface area contributed by atoms with Gasteiger partial charge in [0.05, 0.1) is 22.1 Å². The molecular formula is C75H65BN2. The van der Waals surface area contributed by atoms with Crippen molar-refractivity contribution < 1.29 is 0 Å². The highest BCUT2D eigenvalue weighted by atomic mass is 15.1. The summed E-state index contributed by atoms with van der Waals surface area (Å²) in [5, 5.41) is 8.02. The van der Waals surface area contributed by atoms with Gasteiger partial charge in [-0.05, 0) is 171 Å². The lowest BCUT2D eigenvalue weighted by Gasteiger charge is -2.45. The molecule has 1 spiro atoms. The lowest BCUT2D eigenvalue weighted by atomic mass is 9.33. The Morgan fingerprint density at radius 3 is 1.49 bits per heavy atom. The summed E-state index contributed by atoms with van der Waals surface area (Å²) in [4.78, 5) is 0. The summed E-state index contributed by atoms with van der Waals surface area (Å²) >= 11 is 0. The monoisotopic (exact) mass is 1000 g/mol. The van der Waals surface area contributed by atoms with E-state index < -0.39 is 5.41 Å². The van der Waals surface area contributed by atoms with E-state index >= 15 is 0 Å². The van der Waals surface area contributed by atoms with Crippen LogP contribution in [0.5, 0.6) is 0 Å². The van der Waals surface area contributed by atoms with Gasteiger partial charge in [0.1, 0.15) is 0 Å². The quantitative estimate of drug-likeness (QED) is 0.147. The topological polar surface area (TPSA) is 9.86 Å². The molecule has 78 heavy (non-hydrogen) atoms. The summed E-state index contributed by atoms with van der Waals surface area (Å²) in [6.45, 7) is 25.9. The predicted octanol–water partition coefficient (Wildman–Crippen LogP) is 18.0. The molecule has 0 saturated carbocycles. The maximum absolute atomic E-state index is 2.81. The van der Waals surface area contributed by atoms with E-state index in [1.165, 1.54) is 166 Å². The molecule has 5 heterocycles. The van der Waals surface area contributed by atoms with Crippen LogP contribution in [0.15, 0.2) is 170 Å². The fraction of sp³-hybridized carbons (Fsp3) is 0.227. The summed E-state index contributed by atoms with van der Waals surface area (Å²) in [7, 11) is 0. The molecule has 2 nitrogen and oxygen atoms in total. The minimum Gasteiger partial charge on any atom is -0.310 e. The van der Waals surface area contributed by atoms with Crippen molar-refractivity contribution in [2.75, 3.05) is 0 Å². The molecule has 0 fully saturated rings. The van der Waals surface area contributed by atoms with Gasteiger partial charge >= 0.3 is 0 Å². The number of fused-ring (bicyclic) bond motifs is 15. The minimum atomic E-state index is -0.617. The second-order valence-corrected chi connectivity index (χ2v) is 25.9. The maximum atomic E-state index is 2.81. The van der Waals surface area contributed by atoms with E-state index in [4.69, 9.17) is 0 Å². The summed E-state index contributed by atoms with van der Waals surface area (Å²) in [6.07, 6.45) is 0. The highest BCUT2D eigenvalue weighted by Crippen LogP contribution is 2.63. The van der Waals surface area contributed by atoms with Crippen LogP contribution in [0.25, 0.3) is 99.1 Å². The molecule has 0 amide bonds. The molecule has 378 valence electrons. The van der Waals surface area contributed by atoms with E-state index in [-0.39, 0.29) is 12.1 Å². The second kappa shape index (κ2) is 15.7. The van der Waals surface area contributed by atoms with Crippen molar-refractivity contribution in [3.05, 3.63) is 220 Å². The van der Waals surface area contributed by atoms with Crippen LogP contribution < -0.4 is 16.4 Å². The van der Waals surface area contributed by atoms with E-state index in [0.29, 0.717) is 23.7 Å². The SMILES string of the molecule is CC(C)c1ccc2c(c1)c1cc(C(C)C)cc3c1n2-c1c(-c2ccc(-c4ccc(C(C)(C)C)cc4)c4ccccc24)cc2c4c1B3c1cc(C(C)C)cc3c5cc(C(C)C)cc(c5n-4c13)C21c2ccccc2-c2ccccc21. The van der Waals surface area contributed by atoms with Crippen molar-refractivity contribution in [1.82, 2.24) is 9.13 Å². The van der Waals surface area contributed by atoms with E-state index in [0.717, 1.165) is 0 Å². The Morgan fingerprint density at radius 2 is 0.885 bits per heavy atom. The van der Waals surface area contributed by atoms with Gasteiger partial charge < -0.3 is 9.13 Å². The van der Waals surface area contributed by atoms with Crippen LogP contribution in [0.3, 0.4) is 0 Å². The zero-order chi connectivity index (χ0) is 53.2. The van der Waals surface area contributed by atoms with Gasteiger partial charge in [-0.1, -0.05) is 210 Å². The normalized spacial score (nSPS) is 14.4. The van der Waals surface area contributed by atoms with Gasteiger partial charge in [-0.2, -0.15) is 0 Å². The lowest BCUT2D eigenvalue weighted by Crippen LogP contribution is -2.61. The Hall–Kier alpha value is -7.88. The molecule has 4 aliphatic rings. The standard InChI is InChI=1S/C75H65BN2/c1-40(2)45-26-31-67-56(32-45)57-34-47(42(5)6)37-65-70(57)77(67)72-60(53-30-29-50(51-18-12-13-19-52(51)53)44-24-27-49(28-25-44)74(9,10)11)39-64-73-68(72)76(65)66-38-48(43(7)8)35-59-58-33-46(41(3)4)36-63(69(58)78(73)71(59)66)75(64)61-22-16-14-20-54(61)55-21-15-17-23-62(55)75/h12-43H,1-11H3. The van der Waals surface area contributed by atoms with Crippen LogP contribution in [-0.2, 0) is 10.8 Å². The average molecular weight is 1010 g/mol. The Morgan fingerprint density at radius 1 is 0.372 bits per heavy atom. The first kappa shape index (κ1) is 46.2. The molecule has 0 bridgehead atoms. The highest BCUT2D eigenvalue weighted by Gasteiger charge is 2.55. The number of nitrogens with zero attached hydrogens (tertiary/aromatic N) is 2. The van der Waals surface area contributed by atoms with Crippen LogP contribution in [0, 0.1) is 0 Å². The third kappa shape index (κ3) is 5.75. The first-order chi connectivity index (χ1) is 37.6. The van der Waals surface area contributed by atoms with Crippen molar-refractivity contribution in [3.63, 3.8) is 0 Å². The highest BCUT2D eigenvalue weighted by molar-refractivity contribution is 7.00. The molecule has 2 aromatic heterocycles. The van der Waals surface area contributed by atoms with Crippen LogP contribution in [0.4, 0.5) is 0 Å². The van der Waals surface area contributed by atoms with Gasteiger partial charge in [0, 0.05) is 43.8 Å². The fourth-order valence-corrected chi connectivity index (χ4v) is 15.4. The fourth-order valence-electron chi connectivity index (χ4n) is 15.4. The Labute approximate surface area is 459 Å². The summed E-state index contributed by atoms with van der Waals surface area (Å²) < 4.78 is 5.58. The van der Waals surface area contributed by atoms with Gasteiger partial charge in [-0.3, -0.25) is 0 Å². The first-order valence-electron chi connectivity index (χ1n) is 29.0. The van der Waals surface area contributed by atoms with E-state index in [1.807, 2.05) is 0 Å². The van der Waals surface area contributed by atoms with Crippen molar-refractivity contribution in [2.45, 2.75) is 111 Å². The molecule has 16 rings (SSSR count). The van der Waals surface area contributed by atoms with Gasteiger partial charge in [-0.15, -0.1) is 0 Å². The third-order valence-electron chi connectivity index (χ3n) is 19.3. The smallest absolute Gasteiger partial charge is 0.252 e. The first-order valence-corrected chi connectivity index (χ1v) is 29.0. The van der Waals surface area contributed by atoms with E-state index in [1.54, 1.807) is 0 Å². The molecule has 1 aliphatic carbocycles. The van der Waals surface area contributed by atoms with E-state index in [9.17, 15) is 0 Å². The number of rotatable bonds is 6. The molecule has 0 radical (unpaired) electrons. The van der Waals surface area contributed by atoms with Crippen molar-refractivity contribution in [2.24, 2.45) is 0 Å². The lowest BCUT2D eigenvalue weighted by molar-refractivity contribution is 0.590. The Balaban J connectivity index is 1.17. The molecule has 12 aromatic rings. The molecule has 0 saturated heterocycles. The predicted molar refractivity (Wildman–Crippen MR) is 334 cm³/mol. The zero-order valence-electron chi connectivity index (χ0n) is 46.9. The number of aromatic nitrogens is 2. The van der Waals surface area contributed by atoms with Gasteiger partial charge in [-0.25, -0.2) is 0 Å². The molecular weight excluding hydrogens is 940 g/mol. The molecule has 10 aromatic carbocycles.